The zero-order valence-electron chi connectivity index (χ0n) is 16.9. The molecular formula is C22H24N4O3. The number of ether oxygens (including phenoxy) is 2. The number of nitrogens with zero attached hydrogens (tertiary/aromatic N) is 2. The molecule has 7 nitrogen and oxygen atoms in total. The lowest BCUT2D eigenvalue weighted by atomic mass is 10.0. The van der Waals surface area contributed by atoms with Crippen molar-refractivity contribution in [3.8, 4) is 11.5 Å². The van der Waals surface area contributed by atoms with Crippen LogP contribution in [0.25, 0.3) is 0 Å². The lowest BCUT2D eigenvalue weighted by Gasteiger charge is -2.11. The van der Waals surface area contributed by atoms with Gasteiger partial charge in [-0.1, -0.05) is 26.0 Å². The molecule has 0 unspecified atom stereocenters. The van der Waals surface area contributed by atoms with Crippen molar-refractivity contribution in [3.63, 3.8) is 0 Å². The van der Waals surface area contributed by atoms with Gasteiger partial charge in [0, 0.05) is 11.8 Å². The van der Waals surface area contributed by atoms with Crippen LogP contribution in [0.2, 0.25) is 0 Å². The van der Waals surface area contributed by atoms with Gasteiger partial charge in [0.2, 0.25) is 0 Å². The van der Waals surface area contributed by atoms with Gasteiger partial charge in [-0.2, -0.15) is 0 Å². The third-order valence-corrected chi connectivity index (χ3v) is 4.40. The van der Waals surface area contributed by atoms with Crippen LogP contribution in [-0.4, -0.2) is 30.3 Å². The summed E-state index contributed by atoms with van der Waals surface area (Å²) in [5.41, 5.74) is 2.85. The van der Waals surface area contributed by atoms with Crippen molar-refractivity contribution >= 4 is 23.1 Å². The second-order valence-electron chi connectivity index (χ2n) is 6.73. The molecule has 0 aliphatic heterocycles. The molecule has 0 bridgehead atoms. The van der Waals surface area contributed by atoms with E-state index in [-0.39, 0.29) is 5.69 Å². The van der Waals surface area contributed by atoms with E-state index in [0.29, 0.717) is 28.9 Å². The van der Waals surface area contributed by atoms with Gasteiger partial charge in [0.05, 0.1) is 19.9 Å². The molecule has 1 aromatic heterocycles. The second kappa shape index (κ2) is 9.05. The molecule has 7 heteroatoms. The van der Waals surface area contributed by atoms with Crippen molar-refractivity contribution in [2.24, 2.45) is 0 Å². The Bertz CT molecular complexity index is 970. The lowest BCUT2D eigenvalue weighted by molar-refractivity contribution is 0.102. The fourth-order valence-electron chi connectivity index (χ4n) is 2.72. The summed E-state index contributed by atoms with van der Waals surface area (Å²) in [5, 5.41) is 14.1. The molecule has 0 radical (unpaired) electrons. The smallest absolute Gasteiger partial charge is 0.276 e. The van der Waals surface area contributed by atoms with E-state index in [1.54, 1.807) is 37.4 Å². The lowest BCUT2D eigenvalue weighted by Crippen LogP contribution is -2.15. The van der Waals surface area contributed by atoms with Crippen LogP contribution < -0.4 is 20.1 Å². The van der Waals surface area contributed by atoms with Crippen LogP contribution in [-0.2, 0) is 0 Å². The summed E-state index contributed by atoms with van der Waals surface area (Å²) in [4.78, 5) is 12.5. The Morgan fingerprint density at radius 1 is 0.931 bits per heavy atom. The van der Waals surface area contributed by atoms with Gasteiger partial charge in [0.25, 0.3) is 5.91 Å². The Morgan fingerprint density at radius 3 is 2.28 bits per heavy atom. The Morgan fingerprint density at radius 2 is 1.69 bits per heavy atom. The molecule has 0 atom stereocenters. The quantitative estimate of drug-likeness (QED) is 0.611. The minimum atomic E-state index is -0.392. The zero-order chi connectivity index (χ0) is 20.8. The number of carbonyl (C=O) groups excluding carboxylic acids is 1. The molecule has 2 aromatic carbocycles. The highest BCUT2D eigenvalue weighted by Crippen LogP contribution is 2.29. The molecule has 1 heterocycles. The number of hydrogen-bond acceptors (Lipinski definition) is 6. The summed E-state index contributed by atoms with van der Waals surface area (Å²) in [7, 11) is 3.09. The van der Waals surface area contributed by atoms with Crippen molar-refractivity contribution in [2.45, 2.75) is 19.8 Å². The van der Waals surface area contributed by atoms with Crippen LogP contribution in [0.4, 0.5) is 17.2 Å². The number of carbonyl (C=O) groups is 1. The van der Waals surface area contributed by atoms with Gasteiger partial charge >= 0.3 is 0 Å². The molecule has 3 rings (SSSR count). The maximum absolute atomic E-state index is 12.5. The largest absolute Gasteiger partial charge is 0.497 e. The summed E-state index contributed by atoms with van der Waals surface area (Å²) in [6.45, 7) is 4.30. The summed E-state index contributed by atoms with van der Waals surface area (Å²) >= 11 is 0. The van der Waals surface area contributed by atoms with E-state index < -0.39 is 5.91 Å². The van der Waals surface area contributed by atoms with Crippen molar-refractivity contribution in [2.75, 3.05) is 24.9 Å². The fourth-order valence-corrected chi connectivity index (χ4v) is 2.72. The molecule has 0 fully saturated rings. The second-order valence-corrected chi connectivity index (χ2v) is 6.73. The molecule has 0 aliphatic carbocycles. The molecule has 29 heavy (non-hydrogen) atoms. The highest BCUT2D eigenvalue weighted by Gasteiger charge is 2.13. The molecule has 1 amide bonds. The average Bonchev–Trinajstić information content (AvgIpc) is 2.74. The monoisotopic (exact) mass is 392 g/mol. The molecule has 0 spiro atoms. The van der Waals surface area contributed by atoms with Crippen LogP contribution in [0.15, 0.2) is 54.6 Å². The predicted octanol–water partition coefficient (Wildman–Crippen LogP) is 4.61. The Hall–Kier alpha value is -3.61. The number of rotatable bonds is 7. The number of benzene rings is 2. The van der Waals surface area contributed by atoms with E-state index >= 15 is 0 Å². The predicted molar refractivity (Wildman–Crippen MR) is 113 cm³/mol. The topological polar surface area (TPSA) is 85.4 Å². The van der Waals surface area contributed by atoms with Gasteiger partial charge in [0.15, 0.2) is 11.5 Å². The number of hydrogen-bond donors (Lipinski definition) is 2. The van der Waals surface area contributed by atoms with Gasteiger partial charge < -0.3 is 20.1 Å². The van der Waals surface area contributed by atoms with E-state index in [1.807, 2.05) is 12.1 Å². The van der Waals surface area contributed by atoms with Gasteiger partial charge in [0.1, 0.15) is 11.5 Å². The van der Waals surface area contributed by atoms with Gasteiger partial charge in [-0.3, -0.25) is 4.79 Å². The minimum absolute atomic E-state index is 0.190. The summed E-state index contributed by atoms with van der Waals surface area (Å²) in [6, 6.07) is 16.6. The normalized spacial score (nSPS) is 10.5. The molecule has 150 valence electrons. The van der Waals surface area contributed by atoms with Crippen LogP contribution in [0.3, 0.4) is 0 Å². The first-order chi connectivity index (χ1) is 14.0. The maximum Gasteiger partial charge on any atom is 0.276 e. The Kier molecular flexibility index (Phi) is 6.29. The molecular weight excluding hydrogens is 368 g/mol. The van der Waals surface area contributed by atoms with Crippen molar-refractivity contribution in [3.05, 3.63) is 65.9 Å². The number of aromatic nitrogens is 2. The van der Waals surface area contributed by atoms with Crippen molar-refractivity contribution in [1.29, 1.82) is 0 Å². The van der Waals surface area contributed by atoms with Gasteiger partial charge in [-0.15, -0.1) is 10.2 Å². The molecule has 2 N–H and O–H groups in total. The molecule has 0 aliphatic rings. The first-order valence-corrected chi connectivity index (χ1v) is 9.24. The molecule has 0 saturated heterocycles. The average molecular weight is 392 g/mol. The van der Waals surface area contributed by atoms with Crippen LogP contribution in [0, 0.1) is 0 Å². The van der Waals surface area contributed by atoms with Crippen LogP contribution in [0.1, 0.15) is 35.8 Å². The highest BCUT2D eigenvalue weighted by molar-refractivity contribution is 6.03. The number of amides is 1. The first kappa shape index (κ1) is 20.1. The van der Waals surface area contributed by atoms with Gasteiger partial charge in [-0.05, 0) is 47.9 Å². The number of nitrogens with one attached hydrogen (secondary N) is 2. The molecule has 3 aromatic rings. The molecule has 0 saturated carbocycles. The summed E-state index contributed by atoms with van der Waals surface area (Å²) in [5.74, 6) is 1.77. The first-order valence-electron chi connectivity index (χ1n) is 9.24. The van der Waals surface area contributed by atoms with Crippen molar-refractivity contribution < 1.29 is 14.3 Å². The minimum Gasteiger partial charge on any atom is -0.497 e. The van der Waals surface area contributed by atoms with E-state index in [4.69, 9.17) is 9.47 Å². The zero-order valence-corrected chi connectivity index (χ0v) is 16.9. The van der Waals surface area contributed by atoms with Crippen LogP contribution in [0.5, 0.6) is 11.5 Å². The van der Waals surface area contributed by atoms with E-state index in [2.05, 4.69) is 46.8 Å². The van der Waals surface area contributed by atoms with E-state index in [0.717, 1.165) is 5.69 Å². The SMILES string of the molecule is COc1ccc(OC)c(NC(=O)c2ccc(Nc3ccc(C(C)C)cc3)nn2)c1. The van der Waals surface area contributed by atoms with Crippen molar-refractivity contribution in [1.82, 2.24) is 10.2 Å². The maximum atomic E-state index is 12.5. The third-order valence-electron chi connectivity index (χ3n) is 4.40. The Labute approximate surface area is 170 Å². The number of methoxy groups -OCH3 is 2. The van der Waals surface area contributed by atoms with Crippen LogP contribution >= 0.6 is 0 Å². The van der Waals surface area contributed by atoms with E-state index in [9.17, 15) is 4.79 Å². The fraction of sp³-hybridized carbons (Fsp3) is 0.227. The standard InChI is InChI=1S/C22H24N4O3/c1-14(2)15-5-7-16(8-6-15)23-21-12-10-18(25-26-21)22(27)24-19-13-17(28-3)9-11-20(19)29-4/h5-14H,1-4H3,(H,23,26)(H,24,27). The summed E-state index contributed by atoms with van der Waals surface area (Å²) < 4.78 is 10.5. The highest BCUT2D eigenvalue weighted by atomic mass is 16.5. The van der Waals surface area contributed by atoms with E-state index in [1.165, 1.54) is 12.7 Å². The summed E-state index contributed by atoms with van der Waals surface area (Å²) in [6.07, 6.45) is 0. The third kappa shape index (κ3) is 5.01. The Balaban J connectivity index is 1.69. The number of anilines is 3. The van der Waals surface area contributed by atoms with Gasteiger partial charge in [-0.25, -0.2) is 0 Å².